The third-order valence-corrected chi connectivity index (χ3v) is 2.53. The number of nitrogens with two attached hydrogens (primary N) is 1. The van der Waals surface area contributed by atoms with Crippen molar-refractivity contribution in [1.82, 2.24) is 9.97 Å². The second-order valence-electron chi connectivity index (χ2n) is 4.03. The summed E-state index contributed by atoms with van der Waals surface area (Å²) in [6.45, 7) is 4.15. The largest absolute Gasteiger partial charge is 0.319 e. The minimum absolute atomic E-state index is 0.179. The van der Waals surface area contributed by atoms with Crippen molar-refractivity contribution >= 4 is 0 Å². The Hall–Kier alpha value is -1.74. The van der Waals surface area contributed by atoms with Gasteiger partial charge >= 0.3 is 0 Å². The van der Waals surface area contributed by atoms with Crippen LogP contribution in [0, 0.1) is 13.8 Å². The molecule has 0 radical (unpaired) electrons. The molecule has 1 atom stereocenters. The van der Waals surface area contributed by atoms with Crippen molar-refractivity contribution in [1.29, 1.82) is 0 Å². The van der Waals surface area contributed by atoms with Crippen molar-refractivity contribution in [2.45, 2.75) is 19.9 Å². The normalized spacial score (nSPS) is 12.4. The first-order valence-corrected chi connectivity index (χ1v) is 5.26. The van der Waals surface area contributed by atoms with E-state index < -0.39 is 0 Å². The van der Waals surface area contributed by atoms with Gasteiger partial charge in [-0.2, -0.15) is 0 Å². The van der Waals surface area contributed by atoms with Gasteiger partial charge in [-0.25, -0.2) is 9.97 Å². The highest BCUT2D eigenvalue weighted by Gasteiger charge is 2.10. The van der Waals surface area contributed by atoms with Crippen molar-refractivity contribution in [2.24, 2.45) is 5.73 Å². The summed E-state index contributed by atoms with van der Waals surface area (Å²) in [5.74, 6) is 0. The Kier molecular flexibility index (Phi) is 2.97. The predicted molar refractivity (Wildman–Crippen MR) is 64.0 cm³/mol. The zero-order chi connectivity index (χ0) is 11.5. The van der Waals surface area contributed by atoms with Crippen molar-refractivity contribution < 1.29 is 0 Å². The van der Waals surface area contributed by atoms with E-state index in [1.165, 1.54) is 17.5 Å². The van der Waals surface area contributed by atoms with Gasteiger partial charge in [0.25, 0.3) is 0 Å². The van der Waals surface area contributed by atoms with Crippen LogP contribution in [0.2, 0.25) is 0 Å². The topological polar surface area (TPSA) is 51.8 Å². The Morgan fingerprint density at radius 2 is 1.81 bits per heavy atom. The third-order valence-electron chi connectivity index (χ3n) is 2.53. The van der Waals surface area contributed by atoms with Crippen molar-refractivity contribution in [3.05, 3.63) is 59.2 Å². The highest BCUT2D eigenvalue weighted by molar-refractivity contribution is 5.34. The summed E-state index contributed by atoms with van der Waals surface area (Å²) in [6, 6.07) is 8.00. The third kappa shape index (κ3) is 2.25. The number of benzene rings is 1. The Labute approximate surface area is 95.4 Å². The van der Waals surface area contributed by atoms with Gasteiger partial charge < -0.3 is 5.73 Å². The summed E-state index contributed by atoms with van der Waals surface area (Å²) in [5.41, 5.74) is 10.5. The standard InChI is InChI=1S/C13H15N3/c1-9-5-10(2)7-11(6-9)13(14)12-3-4-15-8-16-12/h3-8,13H,14H2,1-2H3. The molecular formula is C13H15N3. The predicted octanol–water partition coefficient (Wildman–Crippen LogP) is 2.14. The maximum atomic E-state index is 6.16. The van der Waals surface area contributed by atoms with E-state index in [0.717, 1.165) is 11.3 Å². The fourth-order valence-corrected chi connectivity index (χ4v) is 1.85. The second-order valence-corrected chi connectivity index (χ2v) is 4.03. The molecule has 0 aliphatic carbocycles. The monoisotopic (exact) mass is 213 g/mol. The molecule has 3 heteroatoms. The summed E-state index contributed by atoms with van der Waals surface area (Å²) in [7, 11) is 0. The summed E-state index contributed by atoms with van der Waals surface area (Å²) in [6.07, 6.45) is 3.24. The van der Waals surface area contributed by atoms with Gasteiger partial charge in [0.2, 0.25) is 0 Å². The van der Waals surface area contributed by atoms with Crippen LogP contribution in [-0.2, 0) is 0 Å². The number of nitrogens with zero attached hydrogens (tertiary/aromatic N) is 2. The molecule has 3 nitrogen and oxygen atoms in total. The molecule has 1 aromatic carbocycles. The van der Waals surface area contributed by atoms with Crippen LogP contribution in [0.25, 0.3) is 0 Å². The van der Waals surface area contributed by atoms with Gasteiger partial charge in [-0.15, -0.1) is 0 Å². The lowest BCUT2D eigenvalue weighted by atomic mass is 10.00. The molecule has 1 unspecified atom stereocenters. The van der Waals surface area contributed by atoms with Crippen molar-refractivity contribution in [2.75, 3.05) is 0 Å². The maximum absolute atomic E-state index is 6.16. The quantitative estimate of drug-likeness (QED) is 0.831. The minimum Gasteiger partial charge on any atom is -0.319 e. The van der Waals surface area contributed by atoms with E-state index >= 15 is 0 Å². The summed E-state index contributed by atoms with van der Waals surface area (Å²) < 4.78 is 0. The van der Waals surface area contributed by atoms with Crippen LogP contribution in [0.5, 0.6) is 0 Å². The first-order valence-electron chi connectivity index (χ1n) is 5.26. The molecule has 0 aliphatic heterocycles. The van der Waals surface area contributed by atoms with Gasteiger partial charge in [-0.3, -0.25) is 0 Å². The molecule has 2 aromatic rings. The van der Waals surface area contributed by atoms with Crippen LogP contribution in [0.4, 0.5) is 0 Å². The van der Waals surface area contributed by atoms with E-state index in [0.29, 0.717) is 0 Å². The molecule has 82 valence electrons. The second kappa shape index (κ2) is 4.41. The van der Waals surface area contributed by atoms with Gasteiger partial charge in [0.15, 0.2) is 0 Å². The summed E-state index contributed by atoms with van der Waals surface area (Å²) in [4.78, 5) is 8.07. The molecule has 16 heavy (non-hydrogen) atoms. The van der Waals surface area contributed by atoms with E-state index in [2.05, 4.69) is 42.0 Å². The number of rotatable bonds is 2. The average Bonchev–Trinajstić information content (AvgIpc) is 2.28. The number of aryl methyl sites for hydroxylation is 2. The molecule has 2 N–H and O–H groups in total. The fraction of sp³-hybridized carbons (Fsp3) is 0.231. The van der Waals surface area contributed by atoms with Crippen LogP contribution in [0.15, 0.2) is 36.8 Å². The van der Waals surface area contributed by atoms with Crippen LogP contribution in [0.1, 0.15) is 28.4 Å². The van der Waals surface area contributed by atoms with E-state index in [1.807, 2.05) is 6.07 Å². The van der Waals surface area contributed by atoms with E-state index in [9.17, 15) is 0 Å². The van der Waals surface area contributed by atoms with Crippen molar-refractivity contribution in [3.63, 3.8) is 0 Å². The SMILES string of the molecule is Cc1cc(C)cc(C(N)c2ccncn2)c1. The fourth-order valence-electron chi connectivity index (χ4n) is 1.85. The molecular weight excluding hydrogens is 198 g/mol. The first-order chi connectivity index (χ1) is 7.66. The molecule has 0 saturated heterocycles. The minimum atomic E-state index is -0.179. The van der Waals surface area contributed by atoms with Crippen LogP contribution >= 0.6 is 0 Å². The molecule has 1 heterocycles. The highest BCUT2D eigenvalue weighted by Crippen LogP contribution is 2.19. The zero-order valence-electron chi connectivity index (χ0n) is 9.51. The molecule has 0 amide bonds. The lowest BCUT2D eigenvalue weighted by molar-refractivity contribution is 0.817. The maximum Gasteiger partial charge on any atom is 0.115 e. The Bertz CT molecular complexity index is 460. The van der Waals surface area contributed by atoms with Crippen LogP contribution in [0.3, 0.4) is 0 Å². The number of hydrogen-bond donors (Lipinski definition) is 1. The van der Waals surface area contributed by atoms with Gasteiger partial charge in [-0.1, -0.05) is 29.3 Å². The van der Waals surface area contributed by atoms with Gasteiger partial charge in [0, 0.05) is 6.20 Å². The molecule has 2 rings (SSSR count). The molecule has 0 saturated carbocycles. The summed E-state index contributed by atoms with van der Waals surface area (Å²) >= 11 is 0. The zero-order valence-corrected chi connectivity index (χ0v) is 9.51. The van der Waals surface area contributed by atoms with E-state index in [1.54, 1.807) is 6.20 Å². The Morgan fingerprint density at radius 1 is 1.12 bits per heavy atom. The van der Waals surface area contributed by atoms with E-state index in [4.69, 9.17) is 5.73 Å². The molecule has 0 aliphatic rings. The van der Waals surface area contributed by atoms with Gasteiger partial charge in [-0.05, 0) is 25.5 Å². The molecule has 0 fully saturated rings. The highest BCUT2D eigenvalue weighted by atomic mass is 14.8. The summed E-state index contributed by atoms with van der Waals surface area (Å²) in [5, 5.41) is 0. The van der Waals surface area contributed by atoms with E-state index in [-0.39, 0.29) is 6.04 Å². The molecule has 1 aromatic heterocycles. The van der Waals surface area contributed by atoms with Gasteiger partial charge in [0.05, 0.1) is 11.7 Å². The Balaban J connectivity index is 2.37. The first kappa shape index (κ1) is 10.8. The number of hydrogen-bond acceptors (Lipinski definition) is 3. The van der Waals surface area contributed by atoms with Crippen LogP contribution < -0.4 is 5.73 Å². The molecule has 0 bridgehead atoms. The number of aromatic nitrogens is 2. The lowest BCUT2D eigenvalue weighted by Gasteiger charge is -2.12. The lowest BCUT2D eigenvalue weighted by Crippen LogP contribution is -2.13. The van der Waals surface area contributed by atoms with Crippen LogP contribution in [-0.4, -0.2) is 9.97 Å². The van der Waals surface area contributed by atoms with Crippen molar-refractivity contribution in [3.8, 4) is 0 Å². The van der Waals surface area contributed by atoms with Gasteiger partial charge in [0.1, 0.15) is 6.33 Å². The molecule has 0 spiro atoms. The smallest absolute Gasteiger partial charge is 0.115 e. The Morgan fingerprint density at radius 3 is 2.38 bits per heavy atom. The average molecular weight is 213 g/mol.